The smallest absolute Gasteiger partial charge is 0.258 e. The first-order valence-corrected chi connectivity index (χ1v) is 7.19. The Kier molecular flexibility index (Phi) is 3.84. The SMILES string of the molecule is COc1cc(OC)nc(NC(=O)c2ccc3ncsc3c2)n1. The van der Waals surface area contributed by atoms with Crippen molar-refractivity contribution in [2.75, 3.05) is 19.5 Å². The molecule has 2 heterocycles. The predicted molar refractivity (Wildman–Crippen MR) is 82.7 cm³/mol. The Labute approximate surface area is 130 Å². The highest BCUT2D eigenvalue weighted by atomic mass is 32.1. The van der Waals surface area contributed by atoms with Gasteiger partial charge >= 0.3 is 0 Å². The van der Waals surface area contributed by atoms with E-state index in [1.807, 2.05) is 0 Å². The second-order valence-corrected chi connectivity index (χ2v) is 5.15. The van der Waals surface area contributed by atoms with Crippen LogP contribution in [-0.4, -0.2) is 35.1 Å². The molecule has 0 saturated carbocycles. The van der Waals surface area contributed by atoms with Crippen LogP contribution in [0, 0.1) is 0 Å². The van der Waals surface area contributed by atoms with Crippen LogP contribution < -0.4 is 14.8 Å². The zero-order valence-electron chi connectivity index (χ0n) is 11.9. The highest BCUT2D eigenvalue weighted by molar-refractivity contribution is 7.16. The molecule has 0 aliphatic rings. The summed E-state index contributed by atoms with van der Waals surface area (Å²) in [5.41, 5.74) is 3.10. The molecule has 3 rings (SSSR count). The van der Waals surface area contributed by atoms with E-state index in [4.69, 9.17) is 9.47 Å². The second kappa shape index (κ2) is 5.94. The number of thiazole rings is 1. The van der Waals surface area contributed by atoms with E-state index < -0.39 is 0 Å². The lowest BCUT2D eigenvalue weighted by Gasteiger charge is -2.07. The summed E-state index contributed by atoms with van der Waals surface area (Å²) in [7, 11) is 2.95. The molecule has 8 heteroatoms. The Bertz CT molecular complexity index is 812. The topological polar surface area (TPSA) is 86.2 Å². The lowest BCUT2D eigenvalue weighted by atomic mass is 10.2. The van der Waals surface area contributed by atoms with Crippen LogP contribution in [-0.2, 0) is 0 Å². The molecule has 0 aliphatic heterocycles. The molecule has 2 aromatic heterocycles. The predicted octanol–water partition coefficient (Wildman–Crippen LogP) is 2.36. The van der Waals surface area contributed by atoms with Crippen molar-refractivity contribution in [3.8, 4) is 11.8 Å². The molecular formula is C14H12N4O3S. The first kappa shape index (κ1) is 14.2. The van der Waals surface area contributed by atoms with Crippen molar-refractivity contribution >= 4 is 33.4 Å². The van der Waals surface area contributed by atoms with Crippen molar-refractivity contribution < 1.29 is 14.3 Å². The van der Waals surface area contributed by atoms with Gasteiger partial charge in [-0.3, -0.25) is 10.1 Å². The van der Waals surface area contributed by atoms with Gasteiger partial charge in [0.25, 0.3) is 5.91 Å². The highest BCUT2D eigenvalue weighted by Crippen LogP contribution is 2.21. The lowest BCUT2D eigenvalue weighted by Crippen LogP contribution is -2.14. The van der Waals surface area contributed by atoms with Gasteiger partial charge in [0.15, 0.2) is 0 Å². The molecule has 1 N–H and O–H groups in total. The van der Waals surface area contributed by atoms with E-state index in [1.165, 1.54) is 31.6 Å². The molecule has 22 heavy (non-hydrogen) atoms. The fourth-order valence-electron chi connectivity index (χ4n) is 1.84. The fraction of sp³-hybridized carbons (Fsp3) is 0.143. The summed E-state index contributed by atoms with van der Waals surface area (Å²) in [4.78, 5) is 24.6. The zero-order chi connectivity index (χ0) is 15.5. The van der Waals surface area contributed by atoms with E-state index in [1.54, 1.807) is 23.7 Å². The van der Waals surface area contributed by atoms with E-state index >= 15 is 0 Å². The maximum absolute atomic E-state index is 12.3. The summed E-state index contributed by atoms with van der Waals surface area (Å²) in [5, 5.41) is 2.63. The van der Waals surface area contributed by atoms with Crippen molar-refractivity contribution in [3.05, 3.63) is 35.3 Å². The Morgan fingerprint density at radius 3 is 2.55 bits per heavy atom. The van der Waals surface area contributed by atoms with Gasteiger partial charge in [-0.25, -0.2) is 4.98 Å². The molecule has 0 bridgehead atoms. The van der Waals surface area contributed by atoms with Crippen molar-refractivity contribution in [2.24, 2.45) is 0 Å². The number of ether oxygens (including phenoxy) is 2. The quantitative estimate of drug-likeness (QED) is 0.795. The van der Waals surface area contributed by atoms with Crippen molar-refractivity contribution in [1.29, 1.82) is 0 Å². The number of carbonyl (C=O) groups excluding carboxylic acids is 1. The standard InChI is InChI=1S/C14H12N4O3S/c1-20-11-6-12(21-2)17-14(16-11)18-13(19)8-3-4-9-10(5-8)22-7-15-9/h3-7H,1-2H3,(H,16,17,18,19). The number of methoxy groups -OCH3 is 2. The molecule has 0 spiro atoms. The maximum Gasteiger partial charge on any atom is 0.258 e. The summed E-state index contributed by atoms with van der Waals surface area (Å²) >= 11 is 1.47. The van der Waals surface area contributed by atoms with Gasteiger partial charge in [0.1, 0.15) is 0 Å². The summed E-state index contributed by atoms with van der Waals surface area (Å²) < 4.78 is 11.0. The van der Waals surface area contributed by atoms with E-state index in [0.717, 1.165) is 10.2 Å². The Morgan fingerprint density at radius 2 is 1.86 bits per heavy atom. The van der Waals surface area contributed by atoms with Gasteiger partial charge < -0.3 is 9.47 Å². The van der Waals surface area contributed by atoms with Crippen LogP contribution in [0.5, 0.6) is 11.8 Å². The third-order valence-electron chi connectivity index (χ3n) is 2.92. The first-order valence-electron chi connectivity index (χ1n) is 6.31. The number of amides is 1. The van der Waals surface area contributed by atoms with Gasteiger partial charge in [0.2, 0.25) is 17.7 Å². The van der Waals surface area contributed by atoms with Crippen LogP contribution in [0.1, 0.15) is 10.4 Å². The molecule has 0 aliphatic carbocycles. The van der Waals surface area contributed by atoms with Crippen LogP contribution in [0.3, 0.4) is 0 Å². The van der Waals surface area contributed by atoms with Gasteiger partial charge in [-0.15, -0.1) is 11.3 Å². The average Bonchev–Trinajstić information content (AvgIpc) is 3.01. The van der Waals surface area contributed by atoms with Crippen molar-refractivity contribution in [2.45, 2.75) is 0 Å². The number of anilines is 1. The fourth-order valence-corrected chi connectivity index (χ4v) is 2.56. The third-order valence-corrected chi connectivity index (χ3v) is 3.71. The first-order chi connectivity index (χ1) is 10.7. The monoisotopic (exact) mass is 316 g/mol. The van der Waals surface area contributed by atoms with Crippen molar-refractivity contribution in [1.82, 2.24) is 15.0 Å². The minimum absolute atomic E-state index is 0.116. The number of hydrogen-bond acceptors (Lipinski definition) is 7. The molecule has 0 fully saturated rings. The Hall–Kier alpha value is -2.74. The second-order valence-electron chi connectivity index (χ2n) is 4.27. The maximum atomic E-state index is 12.3. The zero-order valence-corrected chi connectivity index (χ0v) is 12.7. The number of hydrogen-bond donors (Lipinski definition) is 1. The van der Waals surface area contributed by atoms with E-state index in [-0.39, 0.29) is 11.9 Å². The molecule has 1 aromatic carbocycles. The number of carbonyl (C=O) groups is 1. The number of fused-ring (bicyclic) bond motifs is 1. The number of benzene rings is 1. The number of nitrogens with zero attached hydrogens (tertiary/aromatic N) is 3. The minimum Gasteiger partial charge on any atom is -0.481 e. The largest absolute Gasteiger partial charge is 0.481 e. The van der Waals surface area contributed by atoms with Gasteiger partial charge in [-0.1, -0.05) is 0 Å². The summed E-state index contributed by atoms with van der Waals surface area (Å²) in [6.45, 7) is 0. The minimum atomic E-state index is -0.314. The molecule has 1 amide bonds. The Morgan fingerprint density at radius 1 is 1.14 bits per heavy atom. The summed E-state index contributed by atoms with van der Waals surface area (Å²) in [5.74, 6) is 0.413. The molecular weight excluding hydrogens is 304 g/mol. The average molecular weight is 316 g/mol. The molecule has 112 valence electrons. The Balaban J connectivity index is 1.86. The van der Waals surface area contributed by atoms with Crippen LogP contribution >= 0.6 is 11.3 Å². The van der Waals surface area contributed by atoms with E-state index in [0.29, 0.717) is 17.3 Å². The van der Waals surface area contributed by atoms with Gasteiger partial charge in [0.05, 0.1) is 36.0 Å². The third kappa shape index (κ3) is 2.82. The summed E-state index contributed by atoms with van der Waals surface area (Å²) in [6.07, 6.45) is 0. The molecule has 3 aromatic rings. The normalized spacial score (nSPS) is 10.5. The molecule has 7 nitrogen and oxygen atoms in total. The molecule has 0 radical (unpaired) electrons. The van der Waals surface area contributed by atoms with Gasteiger partial charge in [-0.05, 0) is 18.2 Å². The van der Waals surface area contributed by atoms with Gasteiger partial charge in [-0.2, -0.15) is 9.97 Å². The number of aromatic nitrogens is 3. The summed E-state index contributed by atoms with van der Waals surface area (Å²) in [6, 6.07) is 6.81. The lowest BCUT2D eigenvalue weighted by molar-refractivity contribution is 0.102. The highest BCUT2D eigenvalue weighted by Gasteiger charge is 2.12. The number of rotatable bonds is 4. The van der Waals surface area contributed by atoms with E-state index in [2.05, 4.69) is 20.3 Å². The van der Waals surface area contributed by atoms with Crippen LogP contribution in [0.2, 0.25) is 0 Å². The van der Waals surface area contributed by atoms with Crippen LogP contribution in [0.25, 0.3) is 10.2 Å². The van der Waals surface area contributed by atoms with Crippen molar-refractivity contribution in [3.63, 3.8) is 0 Å². The molecule has 0 saturated heterocycles. The van der Waals surface area contributed by atoms with E-state index in [9.17, 15) is 4.79 Å². The van der Waals surface area contributed by atoms with Gasteiger partial charge in [0, 0.05) is 5.56 Å². The number of nitrogens with one attached hydrogen (secondary N) is 1. The molecule has 0 unspecified atom stereocenters. The van der Waals surface area contributed by atoms with Crippen LogP contribution in [0.4, 0.5) is 5.95 Å². The van der Waals surface area contributed by atoms with Crippen LogP contribution in [0.15, 0.2) is 29.8 Å². The molecule has 0 atom stereocenters.